The SMILES string of the molecule is Cc1ccc(-c2cc(C(F)(F)F)c(-n3cccn3)c(S(N)(=O)=O)c2)c(Cl)c1. The lowest BCUT2D eigenvalue weighted by atomic mass is 10.00. The molecular weight excluding hydrogens is 403 g/mol. The van der Waals surface area contributed by atoms with Gasteiger partial charge in [-0.3, -0.25) is 0 Å². The molecule has 0 amide bonds. The van der Waals surface area contributed by atoms with Crippen molar-refractivity contribution >= 4 is 21.6 Å². The Kier molecular flexibility index (Phi) is 4.79. The maximum Gasteiger partial charge on any atom is 0.418 e. The number of sulfonamides is 1. The number of hydrogen-bond acceptors (Lipinski definition) is 3. The van der Waals surface area contributed by atoms with Crippen LogP contribution >= 0.6 is 11.6 Å². The minimum absolute atomic E-state index is 0.0211. The number of primary sulfonamides is 1. The summed E-state index contributed by atoms with van der Waals surface area (Å²) >= 11 is 6.16. The molecule has 1 aromatic heterocycles. The second kappa shape index (κ2) is 6.66. The van der Waals surface area contributed by atoms with Crippen LogP contribution in [0.1, 0.15) is 11.1 Å². The van der Waals surface area contributed by atoms with Crippen molar-refractivity contribution < 1.29 is 21.6 Å². The number of halogens is 4. The highest BCUT2D eigenvalue weighted by Gasteiger charge is 2.38. The first kappa shape index (κ1) is 19.4. The average molecular weight is 416 g/mol. The minimum atomic E-state index is -4.85. The number of nitrogens with zero attached hydrogens (tertiary/aromatic N) is 2. The summed E-state index contributed by atoms with van der Waals surface area (Å²) in [7, 11) is -4.50. The lowest BCUT2D eigenvalue weighted by molar-refractivity contribution is -0.137. The summed E-state index contributed by atoms with van der Waals surface area (Å²) in [6.45, 7) is 1.77. The van der Waals surface area contributed by atoms with E-state index in [1.807, 2.05) is 0 Å². The topological polar surface area (TPSA) is 78.0 Å². The normalized spacial score (nSPS) is 12.4. The largest absolute Gasteiger partial charge is 0.418 e. The molecule has 1 heterocycles. The Hall–Kier alpha value is -2.36. The van der Waals surface area contributed by atoms with Crippen molar-refractivity contribution in [1.82, 2.24) is 9.78 Å². The van der Waals surface area contributed by atoms with Crippen molar-refractivity contribution in [3.63, 3.8) is 0 Å². The summed E-state index contributed by atoms with van der Waals surface area (Å²) in [6.07, 6.45) is -2.41. The van der Waals surface area contributed by atoms with Crippen LogP contribution in [0.5, 0.6) is 0 Å². The van der Waals surface area contributed by atoms with Crippen LogP contribution in [0.2, 0.25) is 5.02 Å². The molecule has 0 aliphatic heterocycles. The zero-order valence-corrected chi connectivity index (χ0v) is 15.4. The molecule has 3 rings (SSSR count). The van der Waals surface area contributed by atoms with Crippen LogP contribution in [0, 0.1) is 6.92 Å². The molecule has 0 unspecified atom stereocenters. The first-order valence-electron chi connectivity index (χ1n) is 7.53. The van der Waals surface area contributed by atoms with E-state index < -0.39 is 32.3 Å². The van der Waals surface area contributed by atoms with Crippen LogP contribution in [-0.2, 0) is 16.2 Å². The molecule has 3 aromatic rings. The van der Waals surface area contributed by atoms with Crippen LogP contribution in [0.15, 0.2) is 53.7 Å². The van der Waals surface area contributed by atoms with Crippen molar-refractivity contribution in [3.8, 4) is 16.8 Å². The van der Waals surface area contributed by atoms with E-state index in [1.54, 1.807) is 19.1 Å². The van der Waals surface area contributed by atoms with E-state index in [4.69, 9.17) is 16.7 Å². The Labute approximate surface area is 158 Å². The summed E-state index contributed by atoms with van der Waals surface area (Å²) in [5.74, 6) is 0. The molecule has 27 heavy (non-hydrogen) atoms. The molecule has 0 saturated carbocycles. The number of nitrogens with two attached hydrogens (primary N) is 1. The number of rotatable bonds is 3. The molecule has 142 valence electrons. The maximum atomic E-state index is 13.8. The summed E-state index contributed by atoms with van der Waals surface area (Å²) < 4.78 is 66.3. The third kappa shape index (κ3) is 3.85. The van der Waals surface area contributed by atoms with Gasteiger partial charge >= 0.3 is 6.18 Å². The van der Waals surface area contributed by atoms with Gasteiger partial charge in [0.2, 0.25) is 10.0 Å². The number of hydrogen-bond donors (Lipinski definition) is 1. The molecule has 0 aliphatic rings. The quantitative estimate of drug-likeness (QED) is 0.697. The monoisotopic (exact) mass is 415 g/mol. The van der Waals surface area contributed by atoms with Crippen LogP contribution in [0.3, 0.4) is 0 Å². The zero-order chi connectivity index (χ0) is 20.0. The molecule has 5 nitrogen and oxygen atoms in total. The van der Waals surface area contributed by atoms with Gasteiger partial charge in [0.1, 0.15) is 4.90 Å². The first-order valence-corrected chi connectivity index (χ1v) is 9.45. The molecule has 0 aliphatic carbocycles. The van der Waals surface area contributed by atoms with Crippen molar-refractivity contribution in [2.24, 2.45) is 5.14 Å². The summed E-state index contributed by atoms with van der Waals surface area (Å²) in [4.78, 5) is -0.701. The standard InChI is InChI=1S/C17H13ClF3N3O2S/c1-10-3-4-12(14(18)7-10)11-8-13(17(19,20)21)16(24-6-2-5-23-24)15(9-11)27(22,25)26/h2-9H,1H3,(H2,22,25,26). The molecule has 0 atom stereocenters. The molecular formula is C17H13ClF3N3O2S. The predicted octanol–water partition coefficient (Wildman–Crippen LogP) is 4.17. The first-order chi connectivity index (χ1) is 12.5. The second-order valence-electron chi connectivity index (χ2n) is 5.85. The fourth-order valence-electron chi connectivity index (χ4n) is 2.69. The van der Waals surface area contributed by atoms with E-state index in [2.05, 4.69) is 5.10 Å². The lowest BCUT2D eigenvalue weighted by Crippen LogP contribution is -2.20. The van der Waals surface area contributed by atoms with E-state index in [-0.39, 0.29) is 16.1 Å². The van der Waals surface area contributed by atoms with Gasteiger partial charge in [0.15, 0.2) is 0 Å². The van der Waals surface area contributed by atoms with Crippen molar-refractivity contribution in [2.75, 3.05) is 0 Å². The van der Waals surface area contributed by atoms with Gasteiger partial charge in [0.05, 0.1) is 11.3 Å². The van der Waals surface area contributed by atoms with E-state index in [0.29, 0.717) is 0 Å². The number of aromatic nitrogens is 2. The van der Waals surface area contributed by atoms with Crippen molar-refractivity contribution in [2.45, 2.75) is 18.0 Å². The summed E-state index contributed by atoms with van der Waals surface area (Å²) in [5, 5.41) is 9.14. The van der Waals surface area contributed by atoms with Crippen LogP contribution in [-0.4, -0.2) is 18.2 Å². The van der Waals surface area contributed by atoms with Crippen molar-refractivity contribution in [1.29, 1.82) is 0 Å². The molecule has 2 N–H and O–H groups in total. The number of alkyl halides is 3. The van der Waals surface area contributed by atoms with Gasteiger partial charge in [0.25, 0.3) is 0 Å². The maximum absolute atomic E-state index is 13.8. The second-order valence-corrected chi connectivity index (χ2v) is 7.78. The van der Waals surface area contributed by atoms with Gasteiger partial charge in [-0.15, -0.1) is 0 Å². The van der Waals surface area contributed by atoms with E-state index in [9.17, 15) is 21.6 Å². The molecule has 0 saturated heterocycles. The minimum Gasteiger partial charge on any atom is -0.239 e. The van der Waals surface area contributed by atoms with Gasteiger partial charge in [-0.2, -0.15) is 18.3 Å². The third-order valence-electron chi connectivity index (χ3n) is 3.86. The Bertz CT molecular complexity index is 1110. The molecule has 0 spiro atoms. The Morgan fingerprint density at radius 3 is 2.41 bits per heavy atom. The van der Waals surface area contributed by atoms with Gasteiger partial charge in [-0.05, 0) is 42.3 Å². The Balaban J connectivity index is 2.43. The Morgan fingerprint density at radius 2 is 1.89 bits per heavy atom. The molecule has 2 aromatic carbocycles. The summed E-state index contributed by atoms with van der Waals surface area (Å²) in [5.41, 5.74) is -0.817. The fraction of sp³-hybridized carbons (Fsp3) is 0.118. The summed E-state index contributed by atoms with van der Waals surface area (Å²) in [6, 6.07) is 8.03. The molecule has 0 bridgehead atoms. The highest BCUT2D eigenvalue weighted by atomic mass is 35.5. The molecule has 0 radical (unpaired) electrons. The predicted molar refractivity (Wildman–Crippen MR) is 95.1 cm³/mol. The van der Waals surface area contributed by atoms with Gasteiger partial charge in [-0.25, -0.2) is 18.2 Å². The van der Waals surface area contributed by atoms with Crippen LogP contribution in [0.4, 0.5) is 13.2 Å². The molecule has 0 fully saturated rings. The van der Waals surface area contributed by atoms with E-state index >= 15 is 0 Å². The fourth-order valence-corrected chi connectivity index (χ4v) is 3.80. The Morgan fingerprint density at radius 1 is 1.19 bits per heavy atom. The van der Waals surface area contributed by atoms with Crippen LogP contribution < -0.4 is 5.14 Å². The zero-order valence-electron chi connectivity index (χ0n) is 13.8. The third-order valence-corrected chi connectivity index (χ3v) is 5.09. The lowest BCUT2D eigenvalue weighted by Gasteiger charge is -2.18. The van der Waals surface area contributed by atoms with E-state index in [0.717, 1.165) is 22.4 Å². The van der Waals surface area contributed by atoms with E-state index in [1.165, 1.54) is 24.5 Å². The van der Waals surface area contributed by atoms with Gasteiger partial charge in [-0.1, -0.05) is 23.7 Å². The average Bonchev–Trinajstić information content (AvgIpc) is 3.06. The van der Waals surface area contributed by atoms with Crippen LogP contribution in [0.25, 0.3) is 16.8 Å². The highest BCUT2D eigenvalue weighted by molar-refractivity contribution is 7.89. The number of aryl methyl sites for hydroxylation is 1. The smallest absolute Gasteiger partial charge is 0.239 e. The van der Waals surface area contributed by atoms with Gasteiger partial charge < -0.3 is 0 Å². The van der Waals surface area contributed by atoms with Gasteiger partial charge in [0, 0.05) is 23.0 Å². The van der Waals surface area contributed by atoms with Crippen molar-refractivity contribution in [3.05, 3.63) is 64.9 Å². The highest BCUT2D eigenvalue weighted by Crippen LogP contribution is 2.41. The molecule has 10 heteroatoms. The number of benzene rings is 2.